The molecule has 0 radical (unpaired) electrons. The van der Waals surface area contributed by atoms with Crippen LogP contribution in [0.5, 0.6) is 0 Å². The first-order chi connectivity index (χ1) is 6.69. The summed E-state index contributed by atoms with van der Waals surface area (Å²) in [5, 5.41) is 30.5. The Morgan fingerprint density at radius 3 is 2.79 bits per heavy atom. The largest absolute Gasteiger partial charge is 0.389 e. The van der Waals surface area contributed by atoms with E-state index in [2.05, 4.69) is 5.32 Å². The molecule has 14 heavy (non-hydrogen) atoms. The number of nitrogens with zero attached hydrogens (tertiary/aromatic N) is 1. The normalized spacial score (nSPS) is 14.7. The van der Waals surface area contributed by atoms with Crippen LogP contribution < -0.4 is 5.32 Å². The van der Waals surface area contributed by atoms with Crippen LogP contribution in [-0.4, -0.2) is 29.9 Å². The van der Waals surface area contributed by atoms with Crippen LogP contribution in [0.3, 0.4) is 0 Å². The molecule has 0 aliphatic rings. The van der Waals surface area contributed by atoms with Crippen molar-refractivity contribution >= 4 is 11.3 Å². The lowest BCUT2D eigenvalue weighted by atomic mass is 10.2. The van der Waals surface area contributed by atoms with Gasteiger partial charge in [0.15, 0.2) is 0 Å². The van der Waals surface area contributed by atoms with E-state index >= 15 is 0 Å². The van der Waals surface area contributed by atoms with E-state index in [0.29, 0.717) is 16.3 Å². The van der Waals surface area contributed by atoms with Gasteiger partial charge in [0.05, 0.1) is 6.10 Å². The first-order valence-corrected chi connectivity index (χ1v) is 5.01. The predicted molar refractivity (Wildman–Crippen MR) is 53.9 cm³/mol. The van der Waals surface area contributed by atoms with Crippen molar-refractivity contribution in [2.75, 3.05) is 13.6 Å². The molecule has 0 spiro atoms. The minimum Gasteiger partial charge on any atom is -0.389 e. The van der Waals surface area contributed by atoms with E-state index in [1.165, 1.54) is 11.3 Å². The number of aliphatic hydroxyl groups is 2. The summed E-state index contributed by atoms with van der Waals surface area (Å²) in [4.78, 5) is 1.15. The molecule has 0 saturated carbocycles. The summed E-state index contributed by atoms with van der Waals surface area (Å²) in [5.74, 6) is 0. The molecule has 2 unspecified atom stereocenters. The fraction of sp³-hybridized carbons (Fsp3) is 0.444. The predicted octanol–water partition coefficient (Wildman–Crippen LogP) is 0.233. The van der Waals surface area contributed by atoms with Gasteiger partial charge in [0.25, 0.3) is 0 Å². The quantitative estimate of drug-likeness (QED) is 0.668. The maximum atomic E-state index is 9.64. The van der Waals surface area contributed by atoms with E-state index < -0.39 is 12.2 Å². The fourth-order valence-electron chi connectivity index (χ4n) is 1.08. The summed E-state index contributed by atoms with van der Waals surface area (Å²) in [6.07, 6.45) is -1.76. The molecule has 3 N–H and O–H groups in total. The molecule has 0 amide bonds. The summed E-state index contributed by atoms with van der Waals surface area (Å²) in [7, 11) is 1.70. The SMILES string of the molecule is CNCC(O)C(O)c1ccc(C#N)s1. The standard InChI is InChI=1S/C9H12N2O2S/c1-11-5-7(12)9(13)8-3-2-6(4-10)14-8/h2-3,7,9,11-13H,5H2,1H3. The number of rotatable bonds is 4. The second-order valence-corrected chi connectivity index (χ2v) is 4.00. The van der Waals surface area contributed by atoms with Gasteiger partial charge in [-0.25, -0.2) is 0 Å². The van der Waals surface area contributed by atoms with E-state index in [-0.39, 0.29) is 0 Å². The molecule has 1 aromatic rings. The second kappa shape index (κ2) is 5.08. The Morgan fingerprint density at radius 1 is 1.57 bits per heavy atom. The smallest absolute Gasteiger partial charge is 0.115 e. The fourth-order valence-corrected chi connectivity index (χ4v) is 1.93. The maximum Gasteiger partial charge on any atom is 0.115 e. The highest BCUT2D eigenvalue weighted by Crippen LogP contribution is 2.24. The Labute approximate surface area is 86.4 Å². The molecule has 0 aromatic carbocycles. The van der Waals surface area contributed by atoms with E-state index in [4.69, 9.17) is 5.26 Å². The van der Waals surface area contributed by atoms with Crippen LogP contribution in [0.15, 0.2) is 12.1 Å². The van der Waals surface area contributed by atoms with E-state index in [0.717, 1.165) is 0 Å². The van der Waals surface area contributed by atoms with Crippen LogP contribution in [0.2, 0.25) is 0 Å². The van der Waals surface area contributed by atoms with Gasteiger partial charge in [-0.2, -0.15) is 5.26 Å². The van der Waals surface area contributed by atoms with E-state index in [1.807, 2.05) is 6.07 Å². The Hall–Kier alpha value is -0.930. The van der Waals surface area contributed by atoms with Gasteiger partial charge in [0.2, 0.25) is 0 Å². The molecule has 1 heterocycles. The van der Waals surface area contributed by atoms with Crippen LogP contribution in [0.25, 0.3) is 0 Å². The Kier molecular flexibility index (Phi) is 4.04. The number of likely N-dealkylation sites (N-methyl/N-ethyl adjacent to an activating group) is 1. The molecule has 1 aromatic heterocycles. The molecule has 1 rings (SSSR count). The highest BCUT2D eigenvalue weighted by atomic mass is 32.1. The molecular formula is C9H12N2O2S. The third-order valence-corrected chi connectivity index (χ3v) is 2.87. The van der Waals surface area contributed by atoms with Crippen molar-refractivity contribution in [1.29, 1.82) is 5.26 Å². The van der Waals surface area contributed by atoms with Gasteiger partial charge in [-0.15, -0.1) is 11.3 Å². The van der Waals surface area contributed by atoms with Crippen LogP contribution in [0.4, 0.5) is 0 Å². The number of thiophene rings is 1. The summed E-state index contributed by atoms with van der Waals surface area (Å²) in [6, 6.07) is 5.28. The van der Waals surface area contributed by atoms with E-state index in [9.17, 15) is 10.2 Å². The van der Waals surface area contributed by atoms with Gasteiger partial charge >= 0.3 is 0 Å². The molecule has 76 valence electrons. The zero-order valence-corrected chi connectivity index (χ0v) is 8.58. The molecular weight excluding hydrogens is 200 g/mol. The average Bonchev–Trinajstić information content (AvgIpc) is 2.65. The summed E-state index contributed by atoms with van der Waals surface area (Å²) in [6.45, 7) is 0.320. The Balaban J connectivity index is 2.69. The second-order valence-electron chi connectivity index (χ2n) is 2.88. The number of hydrogen-bond donors (Lipinski definition) is 3. The molecule has 2 atom stereocenters. The summed E-state index contributed by atoms with van der Waals surface area (Å²) in [5.41, 5.74) is 0. The zero-order valence-electron chi connectivity index (χ0n) is 7.77. The van der Waals surface area contributed by atoms with Crippen molar-refractivity contribution in [1.82, 2.24) is 5.32 Å². The highest BCUT2D eigenvalue weighted by molar-refractivity contribution is 7.12. The van der Waals surface area contributed by atoms with E-state index in [1.54, 1.807) is 19.2 Å². The number of nitriles is 1. The van der Waals surface area contributed by atoms with Crippen LogP contribution in [0, 0.1) is 11.3 Å². The van der Waals surface area contributed by atoms with Gasteiger partial charge in [0.1, 0.15) is 17.1 Å². The first kappa shape index (κ1) is 11.1. The number of aliphatic hydroxyl groups excluding tert-OH is 2. The molecule has 4 nitrogen and oxygen atoms in total. The Morgan fingerprint density at radius 2 is 2.29 bits per heavy atom. The lowest BCUT2D eigenvalue weighted by Crippen LogP contribution is -2.29. The topological polar surface area (TPSA) is 76.3 Å². The van der Waals surface area contributed by atoms with Crippen molar-refractivity contribution in [2.45, 2.75) is 12.2 Å². The van der Waals surface area contributed by atoms with Crippen molar-refractivity contribution in [3.8, 4) is 6.07 Å². The van der Waals surface area contributed by atoms with Gasteiger partial charge in [0, 0.05) is 11.4 Å². The third-order valence-electron chi connectivity index (χ3n) is 1.81. The van der Waals surface area contributed by atoms with Gasteiger partial charge in [-0.3, -0.25) is 0 Å². The summed E-state index contributed by atoms with van der Waals surface area (Å²) >= 11 is 1.20. The number of nitrogens with one attached hydrogen (secondary N) is 1. The lowest BCUT2D eigenvalue weighted by Gasteiger charge is -2.15. The van der Waals surface area contributed by atoms with Crippen molar-refractivity contribution in [3.05, 3.63) is 21.9 Å². The van der Waals surface area contributed by atoms with Crippen molar-refractivity contribution in [3.63, 3.8) is 0 Å². The lowest BCUT2D eigenvalue weighted by molar-refractivity contribution is 0.0224. The average molecular weight is 212 g/mol. The molecule has 0 aliphatic heterocycles. The van der Waals surface area contributed by atoms with Gasteiger partial charge in [-0.05, 0) is 19.2 Å². The molecule has 0 saturated heterocycles. The molecule has 5 heteroatoms. The number of hydrogen-bond acceptors (Lipinski definition) is 5. The molecule has 0 aliphatic carbocycles. The van der Waals surface area contributed by atoms with Crippen LogP contribution in [0.1, 0.15) is 15.9 Å². The van der Waals surface area contributed by atoms with Crippen molar-refractivity contribution < 1.29 is 10.2 Å². The summed E-state index contributed by atoms with van der Waals surface area (Å²) < 4.78 is 0. The van der Waals surface area contributed by atoms with Crippen molar-refractivity contribution in [2.24, 2.45) is 0 Å². The molecule has 0 bridgehead atoms. The third kappa shape index (κ3) is 2.53. The monoisotopic (exact) mass is 212 g/mol. The van der Waals surface area contributed by atoms with Crippen LogP contribution in [-0.2, 0) is 0 Å². The first-order valence-electron chi connectivity index (χ1n) is 4.19. The minimum atomic E-state index is -0.922. The van der Waals surface area contributed by atoms with Crippen LogP contribution >= 0.6 is 11.3 Å². The van der Waals surface area contributed by atoms with Gasteiger partial charge < -0.3 is 15.5 Å². The maximum absolute atomic E-state index is 9.64. The minimum absolute atomic E-state index is 0.320. The van der Waals surface area contributed by atoms with Gasteiger partial charge in [-0.1, -0.05) is 0 Å². The molecule has 0 fully saturated rings. The zero-order chi connectivity index (χ0) is 10.6. The Bertz CT molecular complexity index is 332. The highest BCUT2D eigenvalue weighted by Gasteiger charge is 2.19.